The lowest BCUT2D eigenvalue weighted by molar-refractivity contribution is 0.0109. The maximum atomic E-state index is 10.0. The van der Waals surface area contributed by atoms with Crippen molar-refractivity contribution in [3.63, 3.8) is 0 Å². The summed E-state index contributed by atoms with van der Waals surface area (Å²) in [5.74, 6) is 0. The zero-order chi connectivity index (χ0) is 15.7. The van der Waals surface area contributed by atoms with E-state index in [-0.39, 0.29) is 0 Å². The Morgan fingerprint density at radius 1 is 1.23 bits per heavy atom. The molecule has 3 N–H and O–H groups in total. The monoisotopic (exact) mass is 302 g/mol. The molecule has 0 atom stereocenters. The van der Waals surface area contributed by atoms with Crippen LogP contribution in [0.3, 0.4) is 0 Å². The molecule has 0 aromatic heterocycles. The van der Waals surface area contributed by atoms with Crippen LogP contribution in [0.25, 0.3) is 6.08 Å². The third-order valence-electron chi connectivity index (χ3n) is 4.18. The van der Waals surface area contributed by atoms with Crippen LogP contribution in [0.1, 0.15) is 44.6 Å². The molecule has 2 fully saturated rings. The number of allylic oxidation sites excluding steroid dienone is 1. The Labute approximate surface area is 134 Å². The molecular weight excluding hydrogens is 272 g/mol. The van der Waals surface area contributed by atoms with Crippen molar-refractivity contribution in [2.24, 2.45) is 0 Å². The predicted octanol–water partition coefficient (Wildman–Crippen LogP) is 2.96. The van der Waals surface area contributed by atoms with Crippen LogP contribution in [-0.2, 0) is 0 Å². The van der Waals surface area contributed by atoms with Crippen molar-refractivity contribution in [2.45, 2.75) is 50.7 Å². The average molecular weight is 302 g/mol. The minimum absolute atomic E-state index is 0.423. The fourth-order valence-corrected chi connectivity index (χ4v) is 2.51. The van der Waals surface area contributed by atoms with Gasteiger partial charge in [0.2, 0.25) is 0 Å². The lowest BCUT2D eigenvalue weighted by Crippen LogP contribution is -2.48. The maximum absolute atomic E-state index is 10.0. The molecule has 1 saturated carbocycles. The molecule has 2 aliphatic rings. The summed E-state index contributed by atoms with van der Waals surface area (Å²) in [5, 5.41) is 16.7. The Morgan fingerprint density at radius 2 is 1.91 bits per heavy atom. The molecule has 1 aromatic carbocycles. The first-order valence-electron chi connectivity index (χ1n) is 8.60. The molecule has 1 aliphatic heterocycles. The summed E-state index contributed by atoms with van der Waals surface area (Å²) >= 11 is 0. The molecule has 3 nitrogen and oxygen atoms in total. The van der Waals surface area contributed by atoms with Gasteiger partial charge in [-0.05, 0) is 50.8 Å². The number of benzene rings is 1. The van der Waals surface area contributed by atoms with Gasteiger partial charge in [0.15, 0.2) is 0 Å². The van der Waals surface area contributed by atoms with E-state index in [0.717, 1.165) is 38.9 Å². The first kappa shape index (κ1) is 17.2. The van der Waals surface area contributed by atoms with Crippen LogP contribution < -0.4 is 10.6 Å². The van der Waals surface area contributed by atoms with Crippen molar-refractivity contribution in [3.05, 3.63) is 42.0 Å². The van der Waals surface area contributed by atoms with Crippen molar-refractivity contribution in [1.29, 1.82) is 0 Å². The highest BCUT2D eigenvalue weighted by Crippen LogP contribution is 2.22. The van der Waals surface area contributed by atoms with Crippen LogP contribution in [0, 0.1) is 0 Å². The Hall–Kier alpha value is -1.16. The summed E-state index contributed by atoms with van der Waals surface area (Å²) in [6, 6.07) is 11.1. The van der Waals surface area contributed by atoms with Crippen LogP contribution in [0.15, 0.2) is 36.4 Å². The van der Waals surface area contributed by atoms with Gasteiger partial charge in [-0.15, -0.1) is 0 Å². The first-order chi connectivity index (χ1) is 10.7. The van der Waals surface area contributed by atoms with Gasteiger partial charge in [-0.25, -0.2) is 0 Å². The topological polar surface area (TPSA) is 44.3 Å². The third kappa shape index (κ3) is 6.73. The second-order valence-corrected chi connectivity index (χ2v) is 6.35. The van der Waals surface area contributed by atoms with Gasteiger partial charge in [0.25, 0.3) is 0 Å². The molecule has 3 heteroatoms. The van der Waals surface area contributed by atoms with Crippen LogP contribution in [0.5, 0.6) is 0 Å². The van der Waals surface area contributed by atoms with Gasteiger partial charge in [0.1, 0.15) is 0 Å². The molecule has 0 spiro atoms. The summed E-state index contributed by atoms with van der Waals surface area (Å²) in [4.78, 5) is 0. The van der Waals surface area contributed by atoms with E-state index in [1.807, 2.05) is 6.07 Å². The summed E-state index contributed by atoms with van der Waals surface area (Å²) in [6.45, 7) is 4.85. The van der Waals surface area contributed by atoms with Gasteiger partial charge in [-0.3, -0.25) is 0 Å². The zero-order valence-corrected chi connectivity index (χ0v) is 13.7. The highest BCUT2D eigenvalue weighted by Gasteiger charge is 2.31. The number of nitrogens with one attached hydrogen (secondary N) is 2. The van der Waals surface area contributed by atoms with Crippen molar-refractivity contribution in [3.8, 4) is 0 Å². The Morgan fingerprint density at radius 3 is 2.50 bits per heavy atom. The second-order valence-electron chi connectivity index (χ2n) is 6.35. The Balaban J connectivity index is 0.000000164. The van der Waals surface area contributed by atoms with Gasteiger partial charge in [-0.2, -0.15) is 0 Å². The van der Waals surface area contributed by atoms with Crippen LogP contribution in [-0.4, -0.2) is 36.4 Å². The second kappa shape index (κ2) is 9.09. The smallest absolute Gasteiger partial charge is 0.0795 e. The fourth-order valence-electron chi connectivity index (χ4n) is 2.51. The van der Waals surface area contributed by atoms with Crippen molar-refractivity contribution in [2.75, 3.05) is 19.6 Å². The van der Waals surface area contributed by atoms with Gasteiger partial charge >= 0.3 is 0 Å². The number of piperidine rings is 1. The van der Waals surface area contributed by atoms with E-state index < -0.39 is 5.60 Å². The molecule has 3 rings (SSSR count). The van der Waals surface area contributed by atoms with E-state index in [1.165, 1.54) is 18.4 Å². The van der Waals surface area contributed by atoms with Gasteiger partial charge in [0, 0.05) is 12.6 Å². The van der Waals surface area contributed by atoms with Crippen molar-refractivity contribution in [1.82, 2.24) is 10.6 Å². The minimum atomic E-state index is -0.423. The molecule has 0 amide bonds. The minimum Gasteiger partial charge on any atom is -0.388 e. The average Bonchev–Trinajstić information content (AvgIpc) is 3.38. The van der Waals surface area contributed by atoms with Crippen LogP contribution in [0.2, 0.25) is 0 Å². The molecule has 1 aliphatic carbocycles. The van der Waals surface area contributed by atoms with E-state index in [4.69, 9.17) is 0 Å². The zero-order valence-electron chi connectivity index (χ0n) is 13.7. The maximum Gasteiger partial charge on any atom is 0.0795 e. The molecule has 1 aromatic rings. The Kier molecular flexibility index (Phi) is 7.10. The molecule has 22 heavy (non-hydrogen) atoms. The number of hydrogen-bond donors (Lipinski definition) is 3. The van der Waals surface area contributed by atoms with E-state index in [2.05, 4.69) is 54.0 Å². The predicted molar refractivity (Wildman–Crippen MR) is 93.8 cm³/mol. The summed E-state index contributed by atoms with van der Waals surface area (Å²) < 4.78 is 0. The van der Waals surface area contributed by atoms with Crippen LogP contribution >= 0.6 is 0 Å². The van der Waals surface area contributed by atoms with E-state index in [0.29, 0.717) is 6.04 Å². The van der Waals surface area contributed by atoms with Crippen molar-refractivity contribution >= 4 is 6.08 Å². The Bertz CT molecular complexity index is 434. The van der Waals surface area contributed by atoms with Gasteiger partial charge in [0.05, 0.1) is 5.60 Å². The molecule has 1 heterocycles. The van der Waals surface area contributed by atoms with Gasteiger partial charge < -0.3 is 15.7 Å². The largest absolute Gasteiger partial charge is 0.388 e. The lowest BCUT2D eigenvalue weighted by Gasteiger charge is -2.32. The molecule has 0 unspecified atom stereocenters. The fraction of sp³-hybridized carbons (Fsp3) is 0.579. The summed E-state index contributed by atoms with van der Waals surface area (Å²) in [6.07, 6.45) is 9.80. The lowest BCUT2D eigenvalue weighted by atomic mass is 9.92. The summed E-state index contributed by atoms with van der Waals surface area (Å²) in [5.41, 5.74) is 0.859. The normalized spacial score (nSPS) is 20.5. The molecular formula is C19H30N2O. The number of rotatable bonds is 5. The van der Waals surface area contributed by atoms with Gasteiger partial charge in [-0.1, -0.05) is 49.4 Å². The quantitative estimate of drug-likeness (QED) is 0.783. The molecule has 1 saturated heterocycles. The standard InChI is InChI=1S/C10H12.C9H18N2O/c1-2-3-7-10-8-5-4-6-9-10;12-9(3-5-10-6-4-9)7-11-8-1-2-8/h3-9H,2H2,1H3;8,10-12H,1-7H2/b7-3-;. The van der Waals surface area contributed by atoms with E-state index in [9.17, 15) is 5.11 Å². The molecule has 0 radical (unpaired) electrons. The van der Waals surface area contributed by atoms with E-state index >= 15 is 0 Å². The SMILES string of the molecule is CC/C=C\c1ccccc1.OC1(CNC2CC2)CCNCC1. The molecule has 0 bridgehead atoms. The highest BCUT2D eigenvalue weighted by atomic mass is 16.3. The summed E-state index contributed by atoms with van der Waals surface area (Å²) in [7, 11) is 0. The first-order valence-corrected chi connectivity index (χ1v) is 8.60. The van der Waals surface area contributed by atoms with Crippen molar-refractivity contribution < 1.29 is 5.11 Å². The third-order valence-corrected chi connectivity index (χ3v) is 4.18. The van der Waals surface area contributed by atoms with E-state index in [1.54, 1.807) is 0 Å². The van der Waals surface area contributed by atoms with Crippen LogP contribution in [0.4, 0.5) is 0 Å². The number of hydrogen-bond acceptors (Lipinski definition) is 3. The number of aliphatic hydroxyl groups is 1. The highest BCUT2D eigenvalue weighted by molar-refractivity contribution is 5.48. The molecule has 122 valence electrons.